The van der Waals surface area contributed by atoms with Gasteiger partial charge in [-0.05, 0) is 36.3 Å². The van der Waals surface area contributed by atoms with E-state index in [2.05, 4.69) is 58.7 Å². The Hall–Kier alpha value is -1.33. The van der Waals surface area contributed by atoms with Crippen molar-refractivity contribution in [1.29, 1.82) is 0 Å². The fourth-order valence-corrected chi connectivity index (χ4v) is 2.04. The van der Waals surface area contributed by atoms with Gasteiger partial charge in [0, 0.05) is 11.4 Å². The van der Waals surface area contributed by atoms with Gasteiger partial charge in [0.15, 0.2) is 0 Å². The predicted octanol–water partition coefficient (Wildman–Crippen LogP) is 3.55. The molecule has 0 saturated carbocycles. The molecule has 1 unspecified atom stereocenters. The van der Waals surface area contributed by atoms with E-state index in [9.17, 15) is 0 Å². The highest BCUT2D eigenvalue weighted by Crippen LogP contribution is 2.23. The van der Waals surface area contributed by atoms with Gasteiger partial charge in [-0.2, -0.15) is 0 Å². The normalized spacial score (nSPS) is 10.2. The van der Waals surface area contributed by atoms with Crippen LogP contribution in [0.2, 0.25) is 0 Å². The van der Waals surface area contributed by atoms with Crippen LogP contribution in [0.3, 0.4) is 0 Å². The lowest BCUT2D eigenvalue weighted by Gasteiger charge is -2.14. The van der Waals surface area contributed by atoms with Gasteiger partial charge in [-0.15, -0.1) is 9.24 Å². The first-order chi connectivity index (χ1) is 7.68. The second-order valence-electron chi connectivity index (χ2n) is 3.98. The van der Waals surface area contributed by atoms with Gasteiger partial charge in [0.2, 0.25) is 0 Å². The molecule has 0 saturated heterocycles. The van der Waals surface area contributed by atoms with Gasteiger partial charge in [-0.1, -0.05) is 36.4 Å². The highest BCUT2D eigenvalue weighted by Gasteiger charge is 2.03. The van der Waals surface area contributed by atoms with Crippen LogP contribution < -0.4 is 10.6 Å². The van der Waals surface area contributed by atoms with Crippen LogP contribution in [-0.4, -0.2) is 0 Å². The third-order valence-electron chi connectivity index (χ3n) is 2.70. The summed E-state index contributed by atoms with van der Waals surface area (Å²) in [6, 6.07) is 14.6. The molecule has 1 N–H and O–H groups in total. The third kappa shape index (κ3) is 2.25. The zero-order valence-electron chi connectivity index (χ0n) is 9.62. The second-order valence-corrected chi connectivity index (χ2v) is 4.60. The summed E-state index contributed by atoms with van der Waals surface area (Å²) in [5.74, 6) is 0. The molecule has 0 bridgehead atoms. The molecule has 0 fully saturated rings. The minimum Gasteiger partial charge on any atom is -0.355 e. The molecular formula is C14H16NP. The smallest absolute Gasteiger partial charge is 0.0457 e. The van der Waals surface area contributed by atoms with Crippen molar-refractivity contribution in [1.82, 2.24) is 0 Å². The van der Waals surface area contributed by atoms with Gasteiger partial charge in [-0.25, -0.2) is 0 Å². The molecule has 2 aromatic rings. The molecule has 16 heavy (non-hydrogen) atoms. The average Bonchev–Trinajstić information content (AvgIpc) is 2.26. The maximum atomic E-state index is 3.49. The van der Waals surface area contributed by atoms with Crippen molar-refractivity contribution in [2.45, 2.75) is 13.8 Å². The molecule has 0 aromatic heterocycles. The van der Waals surface area contributed by atoms with Crippen molar-refractivity contribution in [3.05, 3.63) is 53.6 Å². The highest BCUT2D eigenvalue weighted by atomic mass is 31.0. The Labute approximate surface area is 99.1 Å². The summed E-state index contributed by atoms with van der Waals surface area (Å²) < 4.78 is 0. The van der Waals surface area contributed by atoms with Crippen LogP contribution >= 0.6 is 9.24 Å². The Morgan fingerprint density at radius 3 is 2.12 bits per heavy atom. The minimum absolute atomic E-state index is 1.14. The van der Waals surface area contributed by atoms with Gasteiger partial charge < -0.3 is 5.32 Å². The fourth-order valence-electron chi connectivity index (χ4n) is 1.76. The van der Waals surface area contributed by atoms with Crippen molar-refractivity contribution < 1.29 is 0 Å². The highest BCUT2D eigenvalue weighted by molar-refractivity contribution is 7.28. The van der Waals surface area contributed by atoms with Gasteiger partial charge in [0.1, 0.15) is 0 Å². The summed E-state index contributed by atoms with van der Waals surface area (Å²) in [6.07, 6.45) is 0. The number of anilines is 2. The van der Waals surface area contributed by atoms with Crippen molar-refractivity contribution >= 4 is 25.9 Å². The van der Waals surface area contributed by atoms with E-state index in [4.69, 9.17) is 0 Å². The Bertz CT molecular complexity index is 486. The Kier molecular flexibility index (Phi) is 3.26. The molecule has 0 aliphatic rings. The molecule has 0 radical (unpaired) electrons. The minimum atomic E-state index is 1.14. The molecule has 2 rings (SSSR count). The fraction of sp³-hybridized carbons (Fsp3) is 0.143. The lowest BCUT2D eigenvalue weighted by Crippen LogP contribution is -2.03. The van der Waals surface area contributed by atoms with Crippen LogP contribution in [0.5, 0.6) is 0 Å². The molecule has 0 amide bonds. The number of benzene rings is 2. The Morgan fingerprint density at radius 2 is 1.50 bits per heavy atom. The number of aryl methyl sites for hydroxylation is 2. The first kappa shape index (κ1) is 11.2. The molecular weight excluding hydrogens is 213 g/mol. The molecule has 1 atom stereocenters. The van der Waals surface area contributed by atoms with Crippen LogP contribution in [-0.2, 0) is 0 Å². The second kappa shape index (κ2) is 4.67. The first-order valence-electron chi connectivity index (χ1n) is 5.36. The summed E-state index contributed by atoms with van der Waals surface area (Å²) in [7, 11) is 2.75. The molecule has 0 aliphatic carbocycles. The van der Waals surface area contributed by atoms with Crippen LogP contribution in [0.4, 0.5) is 11.4 Å². The lowest BCUT2D eigenvalue weighted by molar-refractivity contribution is 1.36. The van der Waals surface area contributed by atoms with E-state index in [0.717, 1.165) is 5.69 Å². The summed E-state index contributed by atoms with van der Waals surface area (Å²) in [6.45, 7) is 4.25. The van der Waals surface area contributed by atoms with E-state index in [1.54, 1.807) is 0 Å². The molecule has 0 spiro atoms. The standard InChI is InChI=1S/C14H16NP/c1-10-6-5-7-11(2)14(10)15-12-8-3-4-9-13(12)16/h3-9,15H,16H2,1-2H3. The predicted molar refractivity (Wildman–Crippen MR) is 75.0 cm³/mol. The van der Waals surface area contributed by atoms with E-state index < -0.39 is 0 Å². The zero-order valence-corrected chi connectivity index (χ0v) is 10.8. The van der Waals surface area contributed by atoms with E-state index in [1.165, 1.54) is 22.1 Å². The average molecular weight is 229 g/mol. The van der Waals surface area contributed by atoms with E-state index in [0.29, 0.717) is 0 Å². The van der Waals surface area contributed by atoms with Crippen molar-refractivity contribution in [2.75, 3.05) is 5.32 Å². The van der Waals surface area contributed by atoms with Crippen molar-refractivity contribution in [3.8, 4) is 0 Å². The van der Waals surface area contributed by atoms with Crippen LogP contribution in [0, 0.1) is 13.8 Å². The number of hydrogen-bond donors (Lipinski definition) is 1. The summed E-state index contributed by atoms with van der Waals surface area (Å²) in [5, 5.41) is 4.67. The largest absolute Gasteiger partial charge is 0.355 e. The third-order valence-corrected chi connectivity index (χ3v) is 3.21. The maximum Gasteiger partial charge on any atom is 0.0457 e. The van der Waals surface area contributed by atoms with Gasteiger partial charge >= 0.3 is 0 Å². The quantitative estimate of drug-likeness (QED) is 0.776. The van der Waals surface area contributed by atoms with Gasteiger partial charge in [-0.3, -0.25) is 0 Å². The maximum absolute atomic E-state index is 3.49. The van der Waals surface area contributed by atoms with Crippen LogP contribution in [0.1, 0.15) is 11.1 Å². The summed E-state index contributed by atoms with van der Waals surface area (Å²) in [4.78, 5) is 0. The topological polar surface area (TPSA) is 12.0 Å². The van der Waals surface area contributed by atoms with E-state index in [-0.39, 0.29) is 0 Å². The molecule has 82 valence electrons. The lowest BCUT2D eigenvalue weighted by atomic mass is 10.1. The first-order valence-corrected chi connectivity index (χ1v) is 5.94. The number of hydrogen-bond acceptors (Lipinski definition) is 1. The van der Waals surface area contributed by atoms with Gasteiger partial charge in [0.05, 0.1) is 0 Å². The van der Waals surface area contributed by atoms with Gasteiger partial charge in [0.25, 0.3) is 0 Å². The number of para-hydroxylation sites is 2. The van der Waals surface area contributed by atoms with E-state index in [1.807, 2.05) is 12.1 Å². The number of nitrogens with one attached hydrogen (secondary N) is 1. The zero-order chi connectivity index (χ0) is 11.5. The molecule has 0 heterocycles. The van der Waals surface area contributed by atoms with Crippen molar-refractivity contribution in [2.24, 2.45) is 0 Å². The SMILES string of the molecule is Cc1cccc(C)c1Nc1ccccc1P. The summed E-state index contributed by atoms with van der Waals surface area (Å²) >= 11 is 0. The monoisotopic (exact) mass is 229 g/mol. The Morgan fingerprint density at radius 1 is 0.875 bits per heavy atom. The number of rotatable bonds is 2. The molecule has 1 nitrogen and oxygen atoms in total. The summed E-state index contributed by atoms with van der Waals surface area (Å²) in [5.41, 5.74) is 4.89. The van der Waals surface area contributed by atoms with Crippen LogP contribution in [0.15, 0.2) is 42.5 Å². The molecule has 2 aromatic carbocycles. The molecule has 2 heteroatoms. The Balaban J connectivity index is 2.38. The van der Waals surface area contributed by atoms with Crippen molar-refractivity contribution in [3.63, 3.8) is 0 Å². The van der Waals surface area contributed by atoms with Crippen LogP contribution in [0.25, 0.3) is 0 Å². The van der Waals surface area contributed by atoms with E-state index >= 15 is 0 Å². The molecule has 0 aliphatic heterocycles.